The largest absolute Gasteiger partial charge is 0.444 e. The summed E-state index contributed by atoms with van der Waals surface area (Å²) in [5.74, 6) is -0.495. The molecule has 2 rings (SSSR count). The van der Waals surface area contributed by atoms with Gasteiger partial charge in [-0.15, -0.1) is 0 Å². The SMILES string of the molecule is Cc1ccccc1C(=O)Nc1ccc(CNC(=O)CNC(=O)OC(C)(C)C)cc1. The maximum atomic E-state index is 12.3. The van der Waals surface area contributed by atoms with Gasteiger partial charge in [0.15, 0.2) is 0 Å². The lowest BCUT2D eigenvalue weighted by Gasteiger charge is -2.19. The Hall–Kier alpha value is -3.35. The molecule has 0 bridgehead atoms. The topological polar surface area (TPSA) is 96.5 Å². The molecule has 0 fully saturated rings. The lowest BCUT2D eigenvalue weighted by Crippen LogP contribution is -2.39. The predicted octanol–water partition coefficient (Wildman–Crippen LogP) is 3.39. The molecule has 2 aromatic rings. The fraction of sp³-hybridized carbons (Fsp3) is 0.318. The fourth-order valence-electron chi connectivity index (χ4n) is 2.46. The van der Waals surface area contributed by atoms with Gasteiger partial charge >= 0.3 is 6.09 Å². The normalized spacial score (nSPS) is 10.8. The number of hydrogen-bond donors (Lipinski definition) is 3. The molecular formula is C22H27N3O4. The Morgan fingerprint density at radius 1 is 0.931 bits per heavy atom. The number of aryl methyl sites for hydroxylation is 1. The first kappa shape index (κ1) is 21.9. The van der Waals surface area contributed by atoms with E-state index in [1.54, 1.807) is 39.0 Å². The smallest absolute Gasteiger partial charge is 0.408 e. The highest BCUT2D eigenvalue weighted by molar-refractivity contribution is 6.05. The van der Waals surface area contributed by atoms with Gasteiger partial charge < -0.3 is 20.7 Å². The van der Waals surface area contributed by atoms with Gasteiger partial charge in [-0.3, -0.25) is 9.59 Å². The molecule has 7 nitrogen and oxygen atoms in total. The molecule has 29 heavy (non-hydrogen) atoms. The van der Waals surface area contributed by atoms with Crippen molar-refractivity contribution in [2.75, 3.05) is 11.9 Å². The van der Waals surface area contributed by atoms with Gasteiger partial charge in [-0.05, 0) is 57.0 Å². The van der Waals surface area contributed by atoms with Crippen molar-refractivity contribution in [1.82, 2.24) is 10.6 Å². The number of alkyl carbamates (subject to hydrolysis) is 1. The van der Waals surface area contributed by atoms with Gasteiger partial charge in [0, 0.05) is 17.8 Å². The first-order valence-corrected chi connectivity index (χ1v) is 9.33. The molecule has 0 saturated carbocycles. The molecule has 3 N–H and O–H groups in total. The molecule has 2 aromatic carbocycles. The second-order valence-corrected chi connectivity index (χ2v) is 7.60. The van der Waals surface area contributed by atoms with E-state index in [1.165, 1.54) is 0 Å². The average Bonchev–Trinajstić information content (AvgIpc) is 2.64. The van der Waals surface area contributed by atoms with Gasteiger partial charge in [0.1, 0.15) is 12.1 Å². The van der Waals surface area contributed by atoms with Crippen molar-refractivity contribution < 1.29 is 19.1 Å². The minimum atomic E-state index is -0.638. The maximum Gasteiger partial charge on any atom is 0.408 e. The Labute approximate surface area is 170 Å². The van der Waals surface area contributed by atoms with E-state index in [9.17, 15) is 14.4 Å². The molecule has 0 unspecified atom stereocenters. The van der Waals surface area contributed by atoms with Gasteiger partial charge in [0.2, 0.25) is 5.91 Å². The highest BCUT2D eigenvalue weighted by Gasteiger charge is 2.16. The number of ether oxygens (including phenoxy) is 1. The molecule has 7 heteroatoms. The van der Waals surface area contributed by atoms with Gasteiger partial charge in [0.05, 0.1) is 0 Å². The van der Waals surface area contributed by atoms with Crippen molar-refractivity contribution in [1.29, 1.82) is 0 Å². The van der Waals surface area contributed by atoms with Crippen LogP contribution in [0.25, 0.3) is 0 Å². The van der Waals surface area contributed by atoms with Crippen molar-refractivity contribution >= 4 is 23.6 Å². The molecule has 0 aliphatic heterocycles. The monoisotopic (exact) mass is 397 g/mol. The van der Waals surface area contributed by atoms with E-state index in [2.05, 4.69) is 16.0 Å². The number of hydrogen-bond acceptors (Lipinski definition) is 4. The van der Waals surface area contributed by atoms with Crippen molar-refractivity contribution in [3.63, 3.8) is 0 Å². The Balaban J connectivity index is 1.79. The molecule has 0 spiro atoms. The van der Waals surface area contributed by atoms with Gasteiger partial charge in [0.25, 0.3) is 5.91 Å². The van der Waals surface area contributed by atoms with Crippen molar-refractivity contribution in [2.45, 2.75) is 39.8 Å². The summed E-state index contributed by atoms with van der Waals surface area (Å²) in [5, 5.41) is 7.97. The van der Waals surface area contributed by atoms with Crippen LogP contribution in [0.3, 0.4) is 0 Å². The molecule has 0 atom stereocenters. The minimum absolute atomic E-state index is 0.167. The van der Waals surface area contributed by atoms with E-state index in [4.69, 9.17) is 4.74 Å². The summed E-state index contributed by atoms with van der Waals surface area (Å²) in [6.45, 7) is 7.28. The highest BCUT2D eigenvalue weighted by Crippen LogP contribution is 2.13. The molecule has 0 heterocycles. The third kappa shape index (κ3) is 7.65. The first-order chi connectivity index (χ1) is 13.6. The summed E-state index contributed by atoms with van der Waals surface area (Å²) in [6, 6.07) is 14.6. The van der Waals surface area contributed by atoms with Crippen LogP contribution in [-0.4, -0.2) is 30.1 Å². The molecule has 0 aromatic heterocycles. The van der Waals surface area contributed by atoms with Crippen LogP contribution in [0.15, 0.2) is 48.5 Å². The van der Waals surface area contributed by atoms with Crippen LogP contribution >= 0.6 is 0 Å². The molecule has 3 amide bonds. The zero-order chi connectivity index (χ0) is 21.4. The predicted molar refractivity (Wildman–Crippen MR) is 112 cm³/mol. The molecular weight excluding hydrogens is 370 g/mol. The van der Waals surface area contributed by atoms with Crippen LogP contribution < -0.4 is 16.0 Å². The number of amides is 3. The summed E-state index contributed by atoms with van der Waals surface area (Å²) >= 11 is 0. The second kappa shape index (κ2) is 9.73. The minimum Gasteiger partial charge on any atom is -0.444 e. The van der Waals surface area contributed by atoms with E-state index in [1.807, 2.05) is 37.3 Å². The van der Waals surface area contributed by atoms with Crippen LogP contribution in [0.4, 0.5) is 10.5 Å². The summed E-state index contributed by atoms with van der Waals surface area (Å²) < 4.78 is 5.07. The summed E-state index contributed by atoms with van der Waals surface area (Å²) in [5.41, 5.74) is 2.45. The zero-order valence-corrected chi connectivity index (χ0v) is 17.2. The van der Waals surface area contributed by atoms with E-state index < -0.39 is 11.7 Å². The van der Waals surface area contributed by atoms with Gasteiger partial charge in [-0.25, -0.2) is 4.79 Å². The quantitative estimate of drug-likeness (QED) is 0.696. The second-order valence-electron chi connectivity index (χ2n) is 7.60. The van der Waals surface area contributed by atoms with Crippen LogP contribution in [0.2, 0.25) is 0 Å². The van der Waals surface area contributed by atoms with Crippen molar-refractivity contribution in [3.05, 3.63) is 65.2 Å². The van der Waals surface area contributed by atoms with E-state index in [0.29, 0.717) is 17.8 Å². The zero-order valence-electron chi connectivity index (χ0n) is 17.2. The molecule has 154 valence electrons. The van der Waals surface area contributed by atoms with Crippen molar-refractivity contribution in [2.24, 2.45) is 0 Å². The lowest BCUT2D eigenvalue weighted by atomic mass is 10.1. The third-order valence-corrected chi connectivity index (χ3v) is 3.88. The van der Waals surface area contributed by atoms with Crippen LogP contribution in [-0.2, 0) is 16.1 Å². The number of carbonyl (C=O) groups excluding carboxylic acids is 3. The number of benzene rings is 2. The number of nitrogens with one attached hydrogen (secondary N) is 3. The van der Waals surface area contributed by atoms with Crippen LogP contribution in [0, 0.1) is 6.92 Å². The summed E-state index contributed by atoms with van der Waals surface area (Å²) in [7, 11) is 0. The summed E-state index contributed by atoms with van der Waals surface area (Å²) in [4.78, 5) is 35.7. The van der Waals surface area contributed by atoms with Crippen LogP contribution in [0.5, 0.6) is 0 Å². The molecule has 0 aliphatic carbocycles. The third-order valence-electron chi connectivity index (χ3n) is 3.88. The Bertz CT molecular complexity index is 870. The number of rotatable bonds is 6. The standard InChI is InChI=1S/C22H27N3O4/c1-15-7-5-6-8-18(15)20(27)25-17-11-9-16(10-12-17)13-23-19(26)14-24-21(28)29-22(2,3)4/h5-12H,13-14H2,1-4H3,(H,23,26)(H,24,28)(H,25,27). The fourth-order valence-corrected chi connectivity index (χ4v) is 2.46. The van der Waals surface area contributed by atoms with E-state index in [-0.39, 0.29) is 18.4 Å². The Kier molecular flexibility index (Phi) is 7.36. The highest BCUT2D eigenvalue weighted by atomic mass is 16.6. The molecule has 0 saturated heterocycles. The number of anilines is 1. The average molecular weight is 397 g/mol. The van der Waals surface area contributed by atoms with Crippen LogP contribution in [0.1, 0.15) is 42.3 Å². The van der Waals surface area contributed by atoms with Gasteiger partial charge in [-0.2, -0.15) is 0 Å². The maximum absolute atomic E-state index is 12.3. The number of carbonyl (C=O) groups is 3. The van der Waals surface area contributed by atoms with E-state index >= 15 is 0 Å². The first-order valence-electron chi connectivity index (χ1n) is 9.33. The van der Waals surface area contributed by atoms with E-state index in [0.717, 1.165) is 11.1 Å². The summed E-state index contributed by atoms with van der Waals surface area (Å²) in [6.07, 6.45) is -0.638. The molecule has 0 radical (unpaired) electrons. The Morgan fingerprint density at radius 3 is 2.21 bits per heavy atom. The van der Waals surface area contributed by atoms with Gasteiger partial charge in [-0.1, -0.05) is 30.3 Å². The van der Waals surface area contributed by atoms with Crippen molar-refractivity contribution in [3.8, 4) is 0 Å². The Morgan fingerprint density at radius 2 is 1.59 bits per heavy atom. The lowest BCUT2D eigenvalue weighted by molar-refractivity contribution is -0.120. The molecule has 0 aliphatic rings.